The van der Waals surface area contributed by atoms with Gasteiger partial charge in [-0.15, -0.1) is 0 Å². The molecule has 5 atom stereocenters. The maximum absolute atomic E-state index is 11.4. The zero-order chi connectivity index (χ0) is 17.0. The Morgan fingerprint density at radius 3 is 2.87 bits per heavy atom. The highest BCUT2D eigenvalue weighted by molar-refractivity contribution is 5.72. The summed E-state index contributed by atoms with van der Waals surface area (Å²) < 4.78 is 5.25. The monoisotopic (exact) mass is 320 g/mol. The molecule has 5 unspecified atom stereocenters. The molecule has 1 heterocycles. The van der Waals surface area contributed by atoms with E-state index >= 15 is 0 Å². The molecule has 0 aromatic carbocycles. The highest BCUT2D eigenvalue weighted by Crippen LogP contribution is 2.44. The van der Waals surface area contributed by atoms with Crippen molar-refractivity contribution in [3.05, 3.63) is 35.5 Å². The second kappa shape index (κ2) is 7.93. The quantitative estimate of drug-likeness (QED) is 0.449. The van der Waals surface area contributed by atoms with Crippen LogP contribution in [0, 0.1) is 11.8 Å². The summed E-state index contributed by atoms with van der Waals surface area (Å²) in [4.78, 5) is 11.4. The Bertz CT molecular complexity index is 517. The summed E-state index contributed by atoms with van der Waals surface area (Å²) in [5.74, 6) is -0.201. The van der Waals surface area contributed by atoms with Crippen LogP contribution >= 0.6 is 0 Å². The molecular formula is C19H28O4. The van der Waals surface area contributed by atoms with Gasteiger partial charge in [0.25, 0.3) is 0 Å². The molecule has 1 aliphatic heterocycles. The van der Waals surface area contributed by atoms with E-state index in [0.29, 0.717) is 19.3 Å². The van der Waals surface area contributed by atoms with Crippen molar-refractivity contribution in [1.29, 1.82) is 0 Å². The Balaban J connectivity index is 1.94. The lowest BCUT2D eigenvalue weighted by molar-refractivity contribution is -0.141. The van der Waals surface area contributed by atoms with Crippen LogP contribution in [0.25, 0.3) is 0 Å². The summed E-state index contributed by atoms with van der Waals surface area (Å²) in [6.45, 7) is 5.96. The van der Waals surface area contributed by atoms with Gasteiger partial charge in [-0.05, 0) is 33.6 Å². The number of esters is 1. The average molecular weight is 320 g/mol. The third kappa shape index (κ3) is 4.55. The molecule has 2 rings (SSSR count). The number of ether oxygens (including phenoxy) is 1. The number of fused-ring (bicyclic) bond motifs is 1. The third-order valence-corrected chi connectivity index (χ3v) is 4.90. The molecule has 0 aromatic rings. The molecule has 2 aliphatic rings. The van der Waals surface area contributed by atoms with E-state index in [1.807, 2.05) is 32.1 Å². The van der Waals surface area contributed by atoms with Crippen LogP contribution in [0.4, 0.5) is 0 Å². The second-order valence-electron chi connectivity index (χ2n) is 6.78. The van der Waals surface area contributed by atoms with E-state index in [4.69, 9.17) is 4.74 Å². The predicted molar refractivity (Wildman–Crippen MR) is 89.7 cm³/mol. The van der Waals surface area contributed by atoms with Crippen LogP contribution < -0.4 is 0 Å². The number of hydrogen-bond donors (Lipinski definition) is 2. The molecule has 4 heteroatoms. The second-order valence-corrected chi connectivity index (χ2v) is 6.78. The molecule has 0 spiro atoms. The smallest absolute Gasteiger partial charge is 0.306 e. The predicted octanol–water partition coefficient (Wildman–Crippen LogP) is 2.91. The minimum atomic E-state index is -0.534. The van der Waals surface area contributed by atoms with E-state index in [9.17, 15) is 15.0 Å². The Morgan fingerprint density at radius 1 is 1.43 bits per heavy atom. The third-order valence-electron chi connectivity index (χ3n) is 4.90. The Hall–Kier alpha value is -1.39. The molecule has 1 saturated heterocycles. The maximum Gasteiger partial charge on any atom is 0.306 e. The highest BCUT2D eigenvalue weighted by Gasteiger charge is 2.50. The van der Waals surface area contributed by atoms with E-state index in [1.165, 1.54) is 5.57 Å². The molecule has 0 radical (unpaired) electrons. The lowest BCUT2D eigenvalue weighted by atomic mass is 9.85. The van der Waals surface area contributed by atoms with Gasteiger partial charge in [-0.2, -0.15) is 0 Å². The van der Waals surface area contributed by atoms with Crippen LogP contribution in [0.5, 0.6) is 0 Å². The normalized spacial score (nSPS) is 33.2. The molecule has 2 N–H and O–H groups in total. The van der Waals surface area contributed by atoms with Gasteiger partial charge in [-0.1, -0.05) is 35.5 Å². The average Bonchev–Trinajstić information content (AvgIpc) is 2.96. The largest absolute Gasteiger partial charge is 0.462 e. The van der Waals surface area contributed by atoms with E-state index in [-0.39, 0.29) is 23.9 Å². The first-order chi connectivity index (χ1) is 10.9. The number of hydrogen-bond acceptors (Lipinski definition) is 4. The van der Waals surface area contributed by atoms with Crippen LogP contribution in [0.3, 0.4) is 0 Å². The van der Waals surface area contributed by atoms with Gasteiger partial charge in [0, 0.05) is 18.3 Å². The lowest BCUT2D eigenvalue weighted by Crippen LogP contribution is -2.22. The van der Waals surface area contributed by atoms with E-state index in [2.05, 4.69) is 13.0 Å². The van der Waals surface area contributed by atoms with Gasteiger partial charge in [0.15, 0.2) is 0 Å². The molecule has 0 amide bonds. The van der Waals surface area contributed by atoms with Crippen LogP contribution in [0.15, 0.2) is 35.5 Å². The van der Waals surface area contributed by atoms with Crippen LogP contribution in [0.2, 0.25) is 0 Å². The van der Waals surface area contributed by atoms with Crippen molar-refractivity contribution < 1.29 is 19.7 Å². The van der Waals surface area contributed by atoms with Gasteiger partial charge < -0.3 is 14.9 Å². The van der Waals surface area contributed by atoms with Gasteiger partial charge in [0.1, 0.15) is 6.10 Å². The van der Waals surface area contributed by atoms with Crippen LogP contribution in [-0.4, -0.2) is 34.5 Å². The molecule has 2 fully saturated rings. The SMILES string of the molecule is CC=CC=C(C)CCC(O)C=C(C)C1C(O)CC2OC(=O)CC21. The Labute approximate surface area is 138 Å². The van der Waals surface area contributed by atoms with Crippen molar-refractivity contribution >= 4 is 5.97 Å². The molecule has 0 bridgehead atoms. The van der Waals surface area contributed by atoms with Crippen molar-refractivity contribution in [2.24, 2.45) is 11.8 Å². The maximum atomic E-state index is 11.4. The number of aliphatic hydroxyl groups excluding tert-OH is 2. The fourth-order valence-corrected chi connectivity index (χ4v) is 3.74. The van der Waals surface area contributed by atoms with Crippen molar-refractivity contribution in [3.63, 3.8) is 0 Å². The zero-order valence-corrected chi connectivity index (χ0v) is 14.2. The summed E-state index contributed by atoms with van der Waals surface area (Å²) in [5, 5.41) is 20.5. The van der Waals surface area contributed by atoms with Crippen molar-refractivity contribution in [2.45, 2.75) is 64.8 Å². The molecule has 0 aromatic heterocycles. The zero-order valence-electron chi connectivity index (χ0n) is 14.2. The first-order valence-electron chi connectivity index (χ1n) is 8.44. The summed E-state index contributed by atoms with van der Waals surface area (Å²) >= 11 is 0. The number of carbonyl (C=O) groups is 1. The summed E-state index contributed by atoms with van der Waals surface area (Å²) in [7, 11) is 0. The van der Waals surface area contributed by atoms with E-state index in [0.717, 1.165) is 12.0 Å². The Morgan fingerprint density at radius 2 is 2.17 bits per heavy atom. The molecule has 1 aliphatic carbocycles. The van der Waals surface area contributed by atoms with Crippen molar-refractivity contribution in [3.8, 4) is 0 Å². The Kier molecular flexibility index (Phi) is 6.19. The highest BCUT2D eigenvalue weighted by atomic mass is 16.6. The van der Waals surface area contributed by atoms with Crippen LogP contribution in [-0.2, 0) is 9.53 Å². The topological polar surface area (TPSA) is 66.8 Å². The molecule has 1 saturated carbocycles. The minimum absolute atomic E-state index is 0.0530. The number of aliphatic hydroxyl groups is 2. The summed E-state index contributed by atoms with van der Waals surface area (Å²) in [5.41, 5.74) is 2.19. The number of carbonyl (C=O) groups excluding carboxylic acids is 1. The number of allylic oxidation sites excluding steroid dienone is 4. The van der Waals surface area contributed by atoms with Gasteiger partial charge in [0.05, 0.1) is 18.6 Å². The van der Waals surface area contributed by atoms with Gasteiger partial charge in [-0.25, -0.2) is 0 Å². The summed E-state index contributed by atoms with van der Waals surface area (Å²) in [6, 6.07) is 0. The first-order valence-corrected chi connectivity index (χ1v) is 8.44. The van der Waals surface area contributed by atoms with Gasteiger partial charge >= 0.3 is 5.97 Å². The van der Waals surface area contributed by atoms with Crippen molar-refractivity contribution in [1.82, 2.24) is 0 Å². The van der Waals surface area contributed by atoms with E-state index in [1.54, 1.807) is 0 Å². The minimum Gasteiger partial charge on any atom is -0.462 e. The molecule has 4 nitrogen and oxygen atoms in total. The van der Waals surface area contributed by atoms with Gasteiger partial charge in [-0.3, -0.25) is 4.79 Å². The van der Waals surface area contributed by atoms with E-state index < -0.39 is 12.2 Å². The number of rotatable bonds is 6. The fourth-order valence-electron chi connectivity index (χ4n) is 3.74. The fraction of sp³-hybridized carbons (Fsp3) is 0.632. The van der Waals surface area contributed by atoms with Crippen molar-refractivity contribution in [2.75, 3.05) is 0 Å². The molecule has 23 heavy (non-hydrogen) atoms. The lowest BCUT2D eigenvalue weighted by Gasteiger charge is -2.21. The standard InChI is InChI=1S/C19H28O4/c1-4-5-6-12(2)7-8-14(20)9-13(3)19-15-10-18(22)23-17(15)11-16(19)21/h4-6,9,14-17,19-21H,7-8,10-11H2,1-3H3. The van der Waals surface area contributed by atoms with Gasteiger partial charge in [0.2, 0.25) is 0 Å². The molecular weight excluding hydrogens is 292 g/mol. The van der Waals surface area contributed by atoms with Crippen LogP contribution in [0.1, 0.15) is 46.5 Å². The molecule has 128 valence electrons. The first kappa shape index (κ1) is 18.0. The summed E-state index contributed by atoms with van der Waals surface area (Å²) in [6.07, 6.45) is 9.05.